The Hall–Kier alpha value is -2.75. The van der Waals surface area contributed by atoms with Crippen LogP contribution in [0.25, 0.3) is 0 Å². The van der Waals surface area contributed by atoms with Gasteiger partial charge >= 0.3 is 10.1 Å². The number of aromatic nitrogens is 1. The lowest BCUT2D eigenvalue weighted by molar-refractivity contribution is -0.384. The highest BCUT2D eigenvalue weighted by atomic mass is 32.2. The van der Waals surface area contributed by atoms with E-state index in [1.54, 1.807) is 0 Å². The summed E-state index contributed by atoms with van der Waals surface area (Å²) in [7, 11) is -4.35. The summed E-state index contributed by atoms with van der Waals surface area (Å²) in [5.74, 6) is -1.24. The third kappa shape index (κ3) is 2.49. The van der Waals surface area contributed by atoms with Gasteiger partial charge in [0.15, 0.2) is 0 Å². The van der Waals surface area contributed by atoms with E-state index in [0.29, 0.717) is 4.73 Å². The Bertz CT molecular complexity index is 729. The first-order valence-corrected chi connectivity index (χ1v) is 6.51. The van der Waals surface area contributed by atoms with E-state index in [2.05, 4.69) is 4.28 Å². The van der Waals surface area contributed by atoms with Gasteiger partial charge in [-0.25, -0.2) is 0 Å². The number of nitro benzene ring substituents is 1. The summed E-state index contributed by atoms with van der Waals surface area (Å²) in [6.07, 6.45) is 0. The molecule has 2 N–H and O–H groups in total. The zero-order chi connectivity index (χ0) is 14.9. The molecule has 2 aromatic rings. The maximum atomic E-state index is 11.9. The van der Waals surface area contributed by atoms with E-state index in [-0.39, 0.29) is 10.6 Å². The van der Waals surface area contributed by atoms with Crippen LogP contribution in [-0.2, 0) is 10.1 Å². The van der Waals surface area contributed by atoms with E-state index in [4.69, 9.17) is 0 Å². The molecule has 2 rings (SSSR count). The molecule has 1 aromatic carbocycles. The fourth-order valence-electron chi connectivity index (χ4n) is 1.35. The van der Waals surface area contributed by atoms with Crippen molar-refractivity contribution in [2.45, 2.75) is 4.90 Å². The summed E-state index contributed by atoms with van der Waals surface area (Å²) >= 11 is 0. The minimum Gasteiger partial charge on any atom is -0.492 e. The molecule has 1 aromatic heterocycles. The molecule has 0 aliphatic rings. The second-order valence-electron chi connectivity index (χ2n) is 3.62. The third-order valence-corrected chi connectivity index (χ3v) is 3.50. The van der Waals surface area contributed by atoms with E-state index < -0.39 is 26.8 Å². The molecular formula is C10H8N2O7S. The van der Waals surface area contributed by atoms with Crippen LogP contribution in [0.1, 0.15) is 0 Å². The normalized spacial score (nSPS) is 11.2. The predicted octanol–water partition coefficient (Wildman–Crippen LogP) is 0.625. The lowest BCUT2D eigenvalue weighted by Crippen LogP contribution is -2.19. The fourth-order valence-corrected chi connectivity index (χ4v) is 2.26. The summed E-state index contributed by atoms with van der Waals surface area (Å²) in [5, 5.41) is 29.0. The molecule has 0 saturated heterocycles. The van der Waals surface area contributed by atoms with Crippen LogP contribution in [0.15, 0.2) is 41.3 Å². The highest BCUT2D eigenvalue weighted by Gasteiger charge is 2.21. The third-order valence-electron chi connectivity index (χ3n) is 2.31. The number of hydrogen-bond acceptors (Lipinski definition) is 7. The van der Waals surface area contributed by atoms with Crippen LogP contribution >= 0.6 is 0 Å². The van der Waals surface area contributed by atoms with Crippen LogP contribution in [0.5, 0.6) is 11.8 Å². The molecule has 0 spiro atoms. The Morgan fingerprint density at radius 3 is 2.00 bits per heavy atom. The van der Waals surface area contributed by atoms with Gasteiger partial charge in [0.05, 0.1) is 4.92 Å². The first kappa shape index (κ1) is 13.7. The largest absolute Gasteiger partial charge is 0.492 e. The van der Waals surface area contributed by atoms with Crippen LogP contribution in [0, 0.1) is 10.1 Å². The summed E-state index contributed by atoms with van der Waals surface area (Å²) in [5.41, 5.74) is -0.282. The Balaban J connectivity index is 2.33. The monoisotopic (exact) mass is 300 g/mol. The van der Waals surface area contributed by atoms with E-state index >= 15 is 0 Å². The average molecular weight is 300 g/mol. The minimum atomic E-state index is -4.35. The van der Waals surface area contributed by atoms with E-state index in [1.165, 1.54) is 0 Å². The number of aromatic hydroxyl groups is 2. The molecule has 0 bridgehead atoms. The number of rotatable bonds is 4. The van der Waals surface area contributed by atoms with Crippen molar-refractivity contribution in [3.05, 3.63) is 46.5 Å². The molecule has 9 nitrogen and oxygen atoms in total. The zero-order valence-corrected chi connectivity index (χ0v) is 10.5. The van der Waals surface area contributed by atoms with Gasteiger partial charge in [-0.3, -0.25) is 14.4 Å². The van der Waals surface area contributed by atoms with Crippen molar-refractivity contribution in [2.24, 2.45) is 0 Å². The molecule has 0 atom stereocenters. The summed E-state index contributed by atoms with van der Waals surface area (Å²) in [6, 6.07) is 5.99. The quantitative estimate of drug-likeness (QED) is 0.625. The Labute approximate surface area is 112 Å². The van der Waals surface area contributed by atoms with Crippen LogP contribution in [0.2, 0.25) is 0 Å². The van der Waals surface area contributed by atoms with Crippen molar-refractivity contribution in [1.82, 2.24) is 4.73 Å². The molecule has 0 aliphatic heterocycles. The molecular weight excluding hydrogens is 292 g/mol. The average Bonchev–Trinajstić information content (AvgIpc) is 2.70. The van der Waals surface area contributed by atoms with Gasteiger partial charge in [-0.1, -0.05) is 4.73 Å². The van der Waals surface area contributed by atoms with Gasteiger partial charge in [-0.2, -0.15) is 8.42 Å². The van der Waals surface area contributed by atoms with Crippen molar-refractivity contribution in [2.75, 3.05) is 0 Å². The summed E-state index contributed by atoms with van der Waals surface area (Å²) in [6.45, 7) is 0. The Kier molecular flexibility index (Phi) is 3.24. The van der Waals surface area contributed by atoms with Gasteiger partial charge in [0, 0.05) is 24.3 Å². The standard InChI is InChI=1S/C10H8N2O7S/c13-9-5-6-10(14)11(9)19-20(17,18)8-3-1-7(2-4-8)12(15)16/h1-6,13-14H. The lowest BCUT2D eigenvalue weighted by atomic mass is 10.3. The number of nitro groups is 1. The predicted molar refractivity (Wildman–Crippen MR) is 64.6 cm³/mol. The number of nitrogens with zero attached hydrogens (tertiary/aromatic N) is 2. The van der Waals surface area contributed by atoms with Gasteiger partial charge in [0.1, 0.15) is 4.90 Å². The van der Waals surface area contributed by atoms with E-state index in [9.17, 15) is 28.7 Å². The highest BCUT2D eigenvalue weighted by Crippen LogP contribution is 2.22. The second-order valence-corrected chi connectivity index (χ2v) is 5.15. The Morgan fingerprint density at radius 2 is 1.55 bits per heavy atom. The number of benzene rings is 1. The first-order valence-electron chi connectivity index (χ1n) is 5.10. The molecule has 1 heterocycles. The first-order chi connectivity index (χ1) is 9.31. The SMILES string of the molecule is O=[N+]([O-])c1ccc(S(=O)(=O)On2c(O)ccc2O)cc1. The maximum absolute atomic E-state index is 11.9. The number of hydrogen-bond donors (Lipinski definition) is 2. The van der Waals surface area contributed by atoms with Crippen molar-refractivity contribution in [3.63, 3.8) is 0 Å². The van der Waals surface area contributed by atoms with Crippen molar-refractivity contribution >= 4 is 15.8 Å². The molecule has 20 heavy (non-hydrogen) atoms. The zero-order valence-electron chi connectivity index (χ0n) is 9.70. The maximum Gasteiger partial charge on any atom is 0.357 e. The molecule has 0 amide bonds. The fraction of sp³-hybridized carbons (Fsp3) is 0. The topological polar surface area (TPSA) is 132 Å². The smallest absolute Gasteiger partial charge is 0.357 e. The van der Waals surface area contributed by atoms with Crippen molar-refractivity contribution in [1.29, 1.82) is 0 Å². The molecule has 0 radical (unpaired) electrons. The number of non-ortho nitro benzene ring substituents is 1. The minimum absolute atomic E-state index is 0.282. The highest BCUT2D eigenvalue weighted by molar-refractivity contribution is 7.87. The van der Waals surface area contributed by atoms with Crippen LogP contribution in [0.3, 0.4) is 0 Å². The molecule has 0 fully saturated rings. The van der Waals surface area contributed by atoms with Crippen LogP contribution < -0.4 is 4.28 Å². The molecule has 0 aliphatic carbocycles. The summed E-state index contributed by atoms with van der Waals surface area (Å²) < 4.78 is 28.5. The molecule has 10 heteroatoms. The van der Waals surface area contributed by atoms with E-state index in [0.717, 1.165) is 36.4 Å². The van der Waals surface area contributed by atoms with Crippen LogP contribution in [-0.4, -0.2) is 28.3 Å². The molecule has 0 saturated carbocycles. The lowest BCUT2D eigenvalue weighted by Gasteiger charge is -2.08. The molecule has 0 unspecified atom stereocenters. The Morgan fingerprint density at radius 1 is 1.05 bits per heavy atom. The van der Waals surface area contributed by atoms with Gasteiger partial charge in [-0.05, 0) is 12.1 Å². The molecule has 106 valence electrons. The summed E-state index contributed by atoms with van der Waals surface area (Å²) in [4.78, 5) is 9.42. The van der Waals surface area contributed by atoms with Gasteiger partial charge in [0.25, 0.3) is 5.69 Å². The second kappa shape index (κ2) is 4.74. The van der Waals surface area contributed by atoms with Crippen molar-refractivity contribution in [3.8, 4) is 11.8 Å². The van der Waals surface area contributed by atoms with E-state index in [1.807, 2.05) is 0 Å². The van der Waals surface area contributed by atoms with Crippen LogP contribution in [0.4, 0.5) is 5.69 Å². The van der Waals surface area contributed by atoms with Gasteiger partial charge < -0.3 is 10.2 Å². The van der Waals surface area contributed by atoms with Gasteiger partial charge in [0.2, 0.25) is 11.8 Å². The van der Waals surface area contributed by atoms with Crippen molar-refractivity contribution < 1.29 is 27.8 Å². The van der Waals surface area contributed by atoms with Gasteiger partial charge in [-0.15, -0.1) is 0 Å².